The van der Waals surface area contributed by atoms with E-state index in [4.69, 9.17) is 4.42 Å². The van der Waals surface area contributed by atoms with Gasteiger partial charge >= 0.3 is 0 Å². The van der Waals surface area contributed by atoms with Crippen molar-refractivity contribution in [3.63, 3.8) is 0 Å². The van der Waals surface area contributed by atoms with Gasteiger partial charge in [-0.15, -0.1) is 0 Å². The van der Waals surface area contributed by atoms with E-state index in [0.717, 1.165) is 5.76 Å². The number of H-pyrrole nitrogens is 1. The molecule has 3 rings (SSSR count). The van der Waals surface area contributed by atoms with E-state index in [0.29, 0.717) is 43.9 Å². The maximum absolute atomic E-state index is 12.8. The number of nitrogens with zero attached hydrogens (tertiary/aromatic N) is 2. The molecule has 3 heterocycles. The van der Waals surface area contributed by atoms with Crippen LogP contribution in [0.25, 0.3) is 0 Å². The van der Waals surface area contributed by atoms with E-state index in [1.807, 2.05) is 12.1 Å². The summed E-state index contributed by atoms with van der Waals surface area (Å²) in [5, 5.41) is 9.38. The van der Waals surface area contributed by atoms with Crippen LogP contribution in [0.4, 0.5) is 0 Å². The number of furan rings is 1. The van der Waals surface area contributed by atoms with Crippen molar-refractivity contribution in [2.24, 2.45) is 0 Å². The molecule has 2 aromatic rings. The molecule has 1 aliphatic heterocycles. The second-order valence-electron chi connectivity index (χ2n) is 6.38. The molecule has 2 N–H and O–H groups in total. The van der Waals surface area contributed by atoms with Crippen molar-refractivity contribution in [1.29, 1.82) is 0 Å². The van der Waals surface area contributed by atoms with Gasteiger partial charge in [0.1, 0.15) is 5.76 Å². The number of amides is 1. The Hall–Kier alpha value is -2.38. The molecule has 1 saturated heterocycles. The largest absolute Gasteiger partial charge is 0.468 e. The molecule has 0 aliphatic carbocycles. The lowest BCUT2D eigenvalue weighted by atomic mass is 10.1. The lowest BCUT2D eigenvalue weighted by Crippen LogP contribution is -2.54. The fraction of sp³-hybridized carbons (Fsp3) is 0.444. The SMILES string of the molecule is Cc1cc(C(=O)N2CCN(Cc3ccco3)[C@H](CCO)C2)cc(=O)[nH]1. The zero-order chi connectivity index (χ0) is 17.8. The first kappa shape index (κ1) is 17.4. The number of carbonyl (C=O) groups is 1. The summed E-state index contributed by atoms with van der Waals surface area (Å²) in [6, 6.07) is 6.86. The van der Waals surface area contributed by atoms with E-state index in [9.17, 15) is 14.7 Å². The van der Waals surface area contributed by atoms with Crippen LogP contribution in [-0.2, 0) is 6.54 Å². The van der Waals surface area contributed by atoms with Crippen molar-refractivity contribution in [1.82, 2.24) is 14.8 Å². The normalized spacial score (nSPS) is 18.5. The summed E-state index contributed by atoms with van der Waals surface area (Å²) in [5.41, 5.74) is 0.800. The topological polar surface area (TPSA) is 89.8 Å². The van der Waals surface area contributed by atoms with E-state index in [2.05, 4.69) is 9.88 Å². The highest BCUT2D eigenvalue weighted by molar-refractivity contribution is 5.94. The minimum Gasteiger partial charge on any atom is -0.468 e. The number of aliphatic hydroxyl groups excluding tert-OH is 1. The molecule has 0 spiro atoms. The number of nitrogens with one attached hydrogen (secondary N) is 1. The number of piperazine rings is 1. The molecule has 134 valence electrons. The first-order valence-corrected chi connectivity index (χ1v) is 8.44. The third-order valence-electron chi connectivity index (χ3n) is 4.52. The number of aromatic nitrogens is 1. The van der Waals surface area contributed by atoms with Gasteiger partial charge in [-0.3, -0.25) is 14.5 Å². The second kappa shape index (κ2) is 7.67. The van der Waals surface area contributed by atoms with Gasteiger partial charge < -0.3 is 19.4 Å². The third kappa shape index (κ3) is 4.18. The Balaban J connectivity index is 1.72. The zero-order valence-corrected chi connectivity index (χ0v) is 14.3. The Morgan fingerprint density at radius 3 is 2.92 bits per heavy atom. The van der Waals surface area contributed by atoms with Gasteiger partial charge in [-0.2, -0.15) is 0 Å². The number of aliphatic hydroxyl groups is 1. The molecule has 0 radical (unpaired) electrons. The van der Waals surface area contributed by atoms with E-state index < -0.39 is 0 Å². The number of carbonyl (C=O) groups excluding carboxylic acids is 1. The maximum atomic E-state index is 12.8. The number of aryl methyl sites for hydroxylation is 1. The number of aromatic amines is 1. The fourth-order valence-electron chi connectivity index (χ4n) is 3.30. The molecular formula is C18H23N3O4. The first-order valence-electron chi connectivity index (χ1n) is 8.44. The number of hydrogen-bond donors (Lipinski definition) is 2. The molecular weight excluding hydrogens is 322 g/mol. The molecule has 0 bridgehead atoms. The van der Waals surface area contributed by atoms with Crippen LogP contribution in [-0.4, -0.2) is 58.1 Å². The molecule has 2 aromatic heterocycles. The number of rotatable bonds is 5. The van der Waals surface area contributed by atoms with Crippen molar-refractivity contribution >= 4 is 5.91 Å². The summed E-state index contributed by atoms with van der Waals surface area (Å²) in [6.07, 6.45) is 2.23. The highest BCUT2D eigenvalue weighted by Gasteiger charge is 2.30. The minimum atomic E-state index is -0.272. The van der Waals surface area contributed by atoms with Crippen LogP contribution >= 0.6 is 0 Å². The molecule has 0 unspecified atom stereocenters. The van der Waals surface area contributed by atoms with Crippen LogP contribution in [0.3, 0.4) is 0 Å². The number of pyridine rings is 1. The van der Waals surface area contributed by atoms with Gasteiger partial charge in [0.25, 0.3) is 5.91 Å². The van der Waals surface area contributed by atoms with Gasteiger partial charge in [0.2, 0.25) is 5.56 Å². The summed E-state index contributed by atoms with van der Waals surface area (Å²) in [5.74, 6) is 0.725. The highest BCUT2D eigenvalue weighted by atomic mass is 16.3. The zero-order valence-electron chi connectivity index (χ0n) is 14.3. The van der Waals surface area contributed by atoms with E-state index in [1.54, 1.807) is 24.2 Å². The summed E-state index contributed by atoms with van der Waals surface area (Å²) in [6.45, 7) is 4.27. The lowest BCUT2D eigenvalue weighted by Gasteiger charge is -2.41. The van der Waals surface area contributed by atoms with Gasteiger partial charge in [0, 0.05) is 49.6 Å². The van der Waals surface area contributed by atoms with Crippen molar-refractivity contribution in [3.8, 4) is 0 Å². The molecule has 1 amide bonds. The molecule has 1 fully saturated rings. The fourth-order valence-corrected chi connectivity index (χ4v) is 3.30. The Labute approximate surface area is 145 Å². The van der Waals surface area contributed by atoms with E-state index in [-0.39, 0.29) is 24.1 Å². The van der Waals surface area contributed by atoms with Gasteiger partial charge in [0.15, 0.2) is 0 Å². The van der Waals surface area contributed by atoms with Crippen molar-refractivity contribution in [2.75, 3.05) is 26.2 Å². The van der Waals surface area contributed by atoms with Crippen LogP contribution in [0, 0.1) is 6.92 Å². The van der Waals surface area contributed by atoms with Gasteiger partial charge in [-0.25, -0.2) is 0 Å². The van der Waals surface area contributed by atoms with Crippen molar-refractivity contribution in [2.45, 2.75) is 25.9 Å². The highest BCUT2D eigenvalue weighted by Crippen LogP contribution is 2.18. The Bertz CT molecular complexity index is 769. The molecule has 1 atom stereocenters. The molecule has 25 heavy (non-hydrogen) atoms. The summed E-state index contributed by atoms with van der Waals surface area (Å²) < 4.78 is 5.41. The molecule has 0 saturated carbocycles. The number of hydrogen-bond acceptors (Lipinski definition) is 5. The van der Waals surface area contributed by atoms with Crippen molar-refractivity contribution < 1.29 is 14.3 Å². The predicted octanol–water partition coefficient (Wildman–Crippen LogP) is 0.985. The Kier molecular flexibility index (Phi) is 5.35. The monoisotopic (exact) mass is 345 g/mol. The molecule has 7 nitrogen and oxygen atoms in total. The van der Waals surface area contributed by atoms with Gasteiger partial charge in [-0.1, -0.05) is 0 Å². The lowest BCUT2D eigenvalue weighted by molar-refractivity contribution is 0.0373. The van der Waals surface area contributed by atoms with Crippen LogP contribution in [0.15, 0.2) is 39.7 Å². The van der Waals surface area contributed by atoms with Crippen LogP contribution < -0.4 is 5.56 Å². The van der Waals surface area contributed by atoms with Crippen molar-refractivity contribution in [3.05, 3.63) is 57.9 Å². The maximum Gasteiger partial charge on any atom is 0.254 e. The third-order valence-corrected chi connectivity index (χ3v) is 4.52. The van der Waals surface area contributed by atoms with Gasteiger partial charge in [-0.05, 0) is 31.5 Å². The van der Waals surface area contributed by atoms with E-state index >= 15 is 0 Å². The summed E-state index contributed by atoms with van der Waals surface area (Å²) >= 11 is 0. The quantitative estimate of drug-likeness (QED) is 0.843. The van der Waals surface area contributed by atoms with Crippen LogP contribution in [0.2, 0.25) is 0 Å². The van der Waals surface area contributed by atoms with Gasteiger partial charge in [0.05, 0.1) is 12.8 Å². The van der Waals surface area contributed by atoms with E-state index in [1.165, 1.54) is 6.07 Å². The Morgan fingerprint density at radius 2 is 2.24 bits per heavy atom. The standard InChI is InChI=1S/C18H23N3O4/c1-13-9-14(10-17(23)19-13)18(24)21-6-5-20(15(11-21)4-7-22)12-16-3-2-8-25-16/h2-3,8-10,15,22H,4-7,11-12H2,1H3,(H,19,23)/t15-/m1/s1. The first-order chi connectivity index (χ1) is 12.1. The minimum absolute atomic E-state index is 0.0518. The second-order valence-corrected chi connectivity index (χ2v) is 6.38. The smallest absolute Gasteiger partial charge is 0.254 e. The average molecular weight is 345 g/mol. The molecule has 1 aliphatic rings. The Morgan fingerprint density at radius 1 is 1.40 bits per heavy atom. The molecule has 7 heteroatoms. The van der Waals surface area contributed by atoms with Crippen LogP contribution in [0.1, 0.15) is 28.2 Å². The molecule has 0 aromatic carbocycles. The van der Waals surface area contributed by atoms with Crippen LogP contribution in [0.5, 0.6) is 0 Å². The predicted molar refractivity (Wildman–Crippen MR) is 92.3 cm³/mol. The summed E-state index contributed by atoms with van der Waals surface area (Å²) in [4.78, 5) is 31.0. The summed E-state index contributed by atoms with van der Waals surface area (Å²) in [7, 11) is 0. The average Bonchev–Trinajstić information content (AvgIpc) is 3.08.